The van der Waals surface area contributed by atoms with Gasteiger partial charge in [-0.2, -0.15) is 0 Å². The fourth-order valence-electron chi connectivity index (χ4n) is 3.23. The van der Waals surface area contributed by atoms with Crippen molar-refractivity contribution >= 4 is 43.0 Å². The minimum atomic E-state index is -1.91. The zero-order valence-corrected chi connectivity index (χ0v) is 15.4. The van der Waals surface area contributed by atoms with Crippen molar-refractivity contribution < 1.29 is 28.7 Å². The van der Waals surface area contributed by atoms with Crippen molar-refractivity contribution in [2.24, 2.45) is 11.8 Å². The van der Waals surface area contributed by atoms with Crippen LogP contribution in [-0.4, -0.2) is 59.1 Å². The van der Waals surface area contributed by atoms with Crippen molar-refractivity contribution in [1.29, 1.82) is 0 Å². The number of nitrogens with zero attached hydrogens (tertiary/aromatic N) is 1. The van der Waals surface area contributed by atoms with E-state index >= 15 is 0 Å². The lowest BCUT2D eigenvalue weighted by Gasteiger charge is -2.50. The van der Waals surface area contributed by atoms with Gasteiger partial charge in [-0.1, -0.05) is 11.8 Å². The van der Waals surface area contributed by atoms with Crippen LogP contribution in [0.4, 0.5) is 0 Å². The summed E-state index contributed by atoms with van der Waals surface area (Å²) in [6.45, 7) is 7.71. The molecule has 0 aromatic heterocycles. The van der Waals surface area contributed by atoms with Crippen LogP contribution in [0.1, 0.15) is 13.3 Å². The van der Waals surface area contributed by atoms with E-state index in [0.29, 0.717) is 12.2 Å². The van der Waals surface area contributed by atoms with E-state index in [2.05, 4.69) is 0 Å². The van der Waals surface area contributed by atoms with Gasteiger partial charge >= 0.3 is 11.9 Å². The number of β-lactam (4-membered cyclic amide) rings is 1. The Kier molecular flexibility index (Phi) is 5.02. The van der Waals surface area contributed by atoms with Crippen LogP contribution in [0.15, 0.2) is 0 Å². The van der Waals surface area contributed by atoms with Crippen LogP contribution in [0.5, 0.6) is 0 Å². The Balaban J connectivity index is 2.27. The number of likely N-dealkylation sites (tertiary alicyclic amines) is 1. The average molecular weight is 359 g/mol. The van der Waals surface area contributed by atoms with E-state index in [1.807, 2.05) is 19.6 Å². The molecule has 0 bridgehead atoms. The Hall–Kier alpha value is -1.19. The maximum atomic E-state index is 12.4. The van der Waals surface area contributed by atoms with E-state index in [4.69, 9.17) is 9.53 Å². The lowest BCUT2D eigenvalue weighted by atomic mass is 9.75. The molecule has 0 spiro atoms. The second-order valence-corrected chi connectivity index (χ2v) is 12.4. The SMILES string of the molecule is C[C@@H](O[Si](C)(C)C)[C@H]1C(=O)N(C(=O)C(=O)O)[C@@H]1C1CCSC1=O. The van der Waals surface area contributed by atoms with Crippen molar-refractivity contribution in [2.45, 2.75) is 45.1 Å². The van der Waals surface area contributed by atoms with E-state index in [1.54, 1.807) is 6.92 Å². The Morgan fingerprint density at radius 1 is 1.35 bits per heavy atom. The molecule has 0 saturated carbocycles. The summed E-state index contributed by atoms with van der Waals surface area (Å²) in [6, 6.07) is -0.708. The van der Waals surface area contributed by atoms with Crippen molar-refractivity contribution in [1.82, 2.24) is 4.90 Å². The van der Waals surface area contributed by atoms with E-state index in [-0.39, 0.29) is 5.12 Å². The molecular weight excluding hydrogens is 338 g/mol. The molecule has 2 rings (SSSR count). The van der Waals surface area contributed by atoms with Gasteiger partial charge < -0.3 is 9.53 Å². The molecule has 0 aliphatic carbocycles. The fourth-order valence-corrected chi connectivity index (χ4v) is 5.54. The summed E-state index contributed by atoms with van der Waals surface area (Å²) >= 11 is 1.17. The molecule has 9 heteroatoms. The molecule has 0 aromatic rings. The molecule has 0 radical (unpaired) electrons. The van der Waals surface area contributed by atoms with Gasteiger partial charge in [0.2, 0.25) is 5.91 Å². The third kappa shape index (κ3) is 3.51. The summed E-state index contributed by atoms with van der Waals surface area (Å²) in [5.41, 5.74) is 0. The zero-order chi connectivity index (χ0) is 17.5. The number of carbonyl (C=O) groups excluding carboxylic acids is 3. The second kappa shape index (κ2) is 6.37. The summed E-state index contributed by atoms with van der Waals surface area (Å²) in [7, 11) is -1.91. The lowest BCUT2D eigenvalue weighted by Crippen LogP contribution is -2.70. The Bertz CT molecular complexity index is 560. The van der Waals surface area contributed by atoms with E-state index in [0.717, 1.165) is 4.90 Å². The van der Waals surface area contributed by atoms with Crippen LogP contribution in [0.3, 0.4) is 0 Å². The second-order valence-electron chi connectivity index (χ2n) is 6.83. The smallest absolute Gasteiger partial charge is 0.395 e. The van der Waals surface area contributed by atoms with E-state index in [1.165, 1.54) is 11.8 Å². The number of carboxylic acids is 1. The topological polar surface area (TPSA) is 101 Å². The van der Waals surface area contributed by atoms with Gasteiger partial charge in [0.25, 0.3) is 0 Å². The van der Waals surface area contributed by atoms with Crippen LogP contribution >= 0.6 is 11.8 Å². The highest BCUT2D eigenvalue weighted by molar-refractivity contribution is 8.14. The highest BCUT2D eigenvalue weighted by Crippen LogP contribution is 2.42. The minimum absolute atomic E-state index is 0.0871. The van der Waals surface area contributed by atoms with Gasteiger partial charge in [0.15, 0.2) is 13.4 Å². The summed E-state index contributed by atoms with van der Waals surface area (Å²) in [5, 5.41) is 8.83. The summed E-state index contributed by atoms with van der Waals surface area (Å²) in [4.78, 5) is 47.9. The van der Waals surface area contributed by atoms with Gasteiger partial charge in [0.1, 0.15) is 0 Å². The number of carboxylic acid groups (broad SMARTS) is 1. The van der Waals surface area contributed by atoms with Crippen molar-refractivity contribution in [3.8, 4) is 0 Å². The minimum Gasteiger partial charge on any atom is -0.474 e. The first-order valence-corrected chi connectivity index (χ1v) is 11.9. The molecular formula is C14H21NO6SSi. The number of hydrogen-bond acceptors (Lipinski definition) is 6. The molecule has 0 aromatic carbocycles. The first kappa shape index (κ1) is 18.1. The van der Waals surface area contributed by atoms with Crippen molar-refractivity contribution in [2.75, 3.05) is 5.75 Å². The number of rotatable bonds is 4. The molecule has 2 amide bonds. The normalized spacial score (nSPS) is 29.4. The van der Waals surface area contributed by atoms with Gasteiger partial charge in [-0.25, -0.2) is 4.79 Å². The predicted octanol–water partition coefficient (Wildman–Crippen LogP) is 0.944. The monoisotopic (exact) mass is 359 g/mol. The Labute approximate surface area is 139 Å². The molecule has 128 valence electrons. The van der Waals surface area contributed by atoms with Crippen molar-refractivity contribution in [3.05, 3.63) is 0 Å². The predicted molar refractivity (Wildman–Crippen MR) is 86.2 cm³/mol. The maximum Gasteiger partial charge on any atom is 0.395 e. The Morgan fingerprint density at radius 3 is 2.39 bits per heavy atom. The number of hydrogen-bond donors (Lipinski definition) is 1. The lowest BCUT2D eigenvalue weighted by molar-refractivity contribution is -0.181. The number of carbonyl (C=O) groups is 4. The van der Waals surface area contributed by atoms with Gasteiger partial charge in [0, 0.05) is 5.75 Å². The van der Waals surface area contributed by atoms with Gasteiger partial charge in [-0.3, -0.25) is 19.3 Å². The van der Waals surface area contributed by atoms with Crippen LogP contribution < -0.4 is 0 Å². The molecule has 2 aliphatic heterocycles. The molecule has 1 unspecified atom stereocenters. The molecule has 2 fully saturated rings. The number of imide groups is 1. The standard InChI is InChI=1S/C14H21NO6SSi/c1-7(21-23(2,3)4)9-10(8-5-6-22-14(8)20)15(11(9)16)12(17)13(18)19/h7-10H,5-6H2,1-4H3,(H,18,19)/t7-,8?,9-,10-/m1/s1. The quantitative estimate of drug-likeness (QED) is 0.453. The third-order valence-corrected chi connectivity index (χ3v) is 6.13. The summed E-state index contributed by atoms with van der Waals surface area (Å²) < 4.78 is 5.94. The zero-order valence-electron chi connectivity index (χ0n) is 13.6. The molecule has 1 N–H and O–H groups in total. The van der Waals surface area contributed by atoms with E-state index in [9.17, 15) is 19.2 Å². The van der Waals surface area contributed by atoms with Crippen molar-refractivity contribution in [3.63, 3.8) is 0 Å². The molecule has 2 aliphatic rings. The first-order chi connectivity index (χ1) is 10.5. The highest BCUT2D eigenvalue weighted by atomic mass is 32.2. The van der Waals surface area contributed by atoms with Crippen LogP contribution in [0, 0.1) is 11.8 Å². The number of aliphatic carboxylic acids is 1. The maximum absolute atomic E-state index is 12.4. The molecule has 23 heavy (non-hydrogen) atoms. The largest absolute Gasteiger partial charge is 0.474 e. The number of amides is 2. The van der Waals surface area contributed by atoms with Crippen LogP contribution in [0.2, 0.25) is 19.6 Å². The molecule has 2 saturated heterocycles. The summed E-state index contributed by atoms with van der Waals surface area (Å²) in [5.74, 6) is -4.02. The number of thioether (sulfide) groups is 1. The van der Waals surface area contributed by atoms with Gasteiger partial charge in [0.05, 0.1) is 24.0 Å². The Morgan fingerprint density at radius 2 is 1.96 bits per heavy atom. The summed E-state index contributed by atoms with van der Waals surface area (Å²) in [6.07, 6.45) is 0.0940. The average Bonchev–Trinajstić information content (AvgIpc) is 2.79. The van der Waals surface area contributed by atoms with Crippen LogP contribution in [0.25, 0.3) is 0 Å². The van der Waals surface area contributed by atoms with Crippen LogP contribution in [-0.2, 0) is 23.6 Å². The fraction of sp³-hybridized carbons (Fsp3) is 0.714. The molecule has 4 atom stereocenters. The molecule has 7 nitrogen and oxygen atoms in total. The molecule has 2 heterocycles. The highest BCUT2D eigenvalue weighted by Gasteiger charge is 2.59. The third-order valence-electron chi connectivity index (χ3n) is 4.02. The first-order valence-electron chi connectivity index (χ1n) is 7.49. The van der Waals surface area contributed by atoms with Gasteiger partial charge in [-0.15, -0.1) is 0 Å². The van der Waals surface area contributed by atoms with E-state index < -0.39 is 50.1 Å². The van der Waals surface area contributed by atoms with Gasteiger partial charge in [-0.05, 0) is 33.0 Å².